The molecule has 1 aliphatic rings. The molecule has 0 aromatic carbocycles. The normalized spacial score (nSPS) is 14.3. The summed E-state index contributed by atoms with van der Waals surface area (Å²) in [6.07, 6.45) is 1.52. The molecule has 1 aromatic heterocycles. The molecule has 112 valence electrons. The SMILES string of the molecule is CCc1n[nH]c(=O)c(CNC(=O)C2CNC2)c1CC.Cl. The number of nitrogens with zero attached hydrogens (tertiary/aromatic N) is 1. The number of carbonyl (C=O) groups is 1. The monoisotopic (exact) mass is 300 g/mol. The topological polar surface area (TPSA) is 86.9 Å². The molecule has 0 spiro atoms. The Bertz CT molecular complexity index is 526. The van der Waals surface area contributed by atoms with Crippen molar-refractivity contribution < 1.29 is 4.79 Å². The van der Waals surface area contributed by atoms with Gasteiger partial charge in [0.05, 0.1) is 11.6 Å². The Balaban J connectivity index is 0.00000200. The number of carbonyl (C=O) groups excluding carboxylic acids is 1. The van der Waals surface area contributed by atoms with E-state index in [9.17, 15) is 9.59 Å². The summed E-state index contributed by atoms with van der Waals surface area (Å²) in [6.45, 7) is 5.72. The minimum atomic E-state index is -0.207. The highest BCUT2D eigenvalue weighted by atomic mass is 35.5. The number of aryl methyl sites for hydroxylation is 1. The van der Waals surface area contributed by atoms with Gasteiger partial charge in [0.1, 0.15) is 0 Å². The molecule has 0 bridgehead atoms. The molecule has 0 unspecified atom stereocenters. The van der Waals surface area contributed by atoms with Gasteiger partial charge >= 0.3 is 0 Å². The molecule has 0 atom stereocenters. The van der Waals surface area contributed by atoms with E-state index < -0.39 is 0 Å². The average molecular weight is 301 g/mol. The van der Waals surface area contributed by atoms with Crippen LogP contribution in [-0.2, 0) is 24.2 Å². The molecule has 0 saturated carbocycles. The van der Waals surface area contributed by atoms with E-state index >= 15 is 0 Å². The van der Waals surface area contributed by atoms with Crippen LogP contribution in [0, 0.1) is 5.92 Å². The Labute approximate surface area is 124 Å². The van der Waals surface area contributed by atoms with Crippen molar-refractivity contribution in [1.29, 1.82) is 0 Å². The van der Waals surface area contributed by atoms with Crippen LogP contribution < -0.4 is 16.2 Å². The Morgan fingerprint density at radius 3 is 2.50 bits per heavy atom. The first-order chi connectivity index (χ1) is 9.17. The van der Waals surface area contributed by atoms with E-state index in [0.717, 1.165) is 37.2 Å². The predicted molar refractivity (Wildman–Crippen MR) is 79.1 cm³/mol. The van der Waals surface area contributed by atoms with E-state index in [-0.39, 0.29) is 36.3 Å². The van der Waals surface area contributed by atoms with Gasteiger partial charge in [-0.05, 0) is 18.4 Å². The number of nitrogens with one attached hydrogen (secondary N) is 3. The third-order valence-electron chi connectivity index (χ3n) is 3.56. The van der Waals surface area contributed by atoms with Crippen LogP contribution in [0.5, 0.6) is 0 Å². The van der Waals surface area contributed by atoms with E-state index in [1.54, 1.807) is 0 Å². The number of rotatable bonds is 5. The first kappa shape index (κ1) is 16.7. The molecule has 1 fully saturated rings. The summed E-state index contributed by atoms with van der Waals surface area (Å²) in [4.78, 5) is 23.6. The predicted octanol–water partition coefficient (Wildman–Crippen LogP) is 0.152. The van der Waals surface area contributed by atoms with E-state index in [2.05, 4.69) is 20.8 Å². The third-order valence-corrected chi connectivity index (χ3v) is 3.56. The molecular weight excluding hydrogens is 280 g/mol. The van der Waals surface area contributed by atoms with Crippen molar-refractivity contribution in [3.05, 3.63) is 27.2 Å². The zero-order valence-corrected chi connectivity index (χ0v) is 12.6. The average Bonchev–Trinajstić information content (AvgIpc) is 2.34. The second-order valence-corrected chi connectivity index (χ2v) is 4.74. The van der Waals surface area contributed by atoms with Crippen LogP contribution in [-0.4, -0.2) is 29.2 Å². The first-order valence-corrected chi connectivity index (χ1v) is 6.75. The lowest BCUT2D eigenvalue weighted by molar-refractivity contribution is -0.126. The van der Waals surface area contributed by atoms with Gasteiger partial charge in [-0.25, -0.2) is 5.10 Å². The molecule has 3 N–H and O–H groups in total. The van der Waals surface area contributed by atoms with Crippen molar-refractivity contribution >= 4 is 18.3 Å². The minimum absolute atomic E-state index is 0. The summed E-state index contributed by atoms with van der Waals surface area (Å²) in [5.74, 6) is 0.0479. The zero-order valence-electron chi connectivity index (χ0n) is 11.8. The number of hydrogen-bond acceptors (Lipinski definition) is 4. The Morgan fingerprint density at radius 2 is 2.00 bits per heavy atom. The Kier molecular flexibility index (Phi) is 6.16. The Hall–Kier alpha value is -1.40. The summed E-state index contributed by atoms with van der Waals surface area (Å²) in [7, 11) is 0. The molecule has 1 amide bonds. The van der Waals surface area contributed by atoms with Gasteiger partial charge in [-0.1, -0.05) is 13.8 Å². The lowest BCUT2D eigenvalue weighted by Gasteiger charge is -2.25. The fourth-order valence-corrected chi connectivity index (χ4v) is 2.26. The fourth-order valence-electron chi connectivity index (χ4n) is 2.26. The fraction of sp³-hybridized carbons (Fsp3) is 0.615. The van der Waals surface area contributed by atoms with Crippen molar-refractivity contribution in [2.24, 2.45) is 5.92 Å². The van der Waals surface area contributed by atoms with Gasteiger partial charge in [0, 0.05) is 25.2 Å². The number of amides is 1. The van der Waals surface area contributed by atoms with E-state index in [1.165, 1.54) is 0 Å². The highest BCUT2D eigenvalue weighted by Gasteiger charge is 2.24. The largest absolute Gasteiger partial charge is 0.351 e. The number of aromatic amines is 1. The molecule has 0 radical (unpaired) electrons. The smallest absolute Gasteiger partial charge is 0.269 e. The van der Waals surface area contributed by atoms with Crippen LogP contribution in [0.15, 0.2) is 4.79 Å². The maximum Gasteiger partial charge on any atom is 0.269 e. The highest BCUT2D eigenvalue weighted by Crippen LogP contribution is 2.10. The molecule has 2 heterocycles. The van der Waals surface area contributed by atoms with Crippen LogP contribution in [0.25, 0.3) is 0 Å². The lowest BCUT2D eigenvalue weighted by atomic mass is 10.0. The lowest BCUT2D eigenvalue weighted by Crippen LogP contribution is -2.50. The van der Waals surface area contributed by atoms with Gasteiger partial charge in [-0.15, -0.1) is 12.4 Å². The zero-order chi connectivity index (χ0) is 13.8. The first-order valence-electron chi connectivity index (χ1n) is 6.75. The van der Waals surface area contributed by atoms with Crippen LogP contribution in [0.4, 0.5) is 0 Å². The summed E-state index contributed by atoms with van der Waals surface area (Å²) >= 11 is 0. The summed E-state index contributed by atoms with van der Waals surface area (Å²) < 4.78 is 0. The molecular formula is C13H21ClN4O2. The molecule has 1 aromatic rings. The molecule has 1 aliphatic heterocycles. The summed E-state index contributed by atoms with van der Waals surface area (Å²) in [6, 6.07) is 0. The number of H-pyrrole nitrogens is 1. The number of aromatic nitrogens is 2. The molecule has 6 nitrogen and oxygen atoms in total. The minimum Gasteiger partial charge on any atom is -0.351 e. The standard InChI is InChI=1S/C13H20N4O2.ClH/c1-3-9-10(13(19)17-16-11(9)4-2)7-15-12(18)8-5-14-6-8;/h8,14H,3-7H2,1-2H3,(H,15,18)(H,17,19);1H. The quantitative estimate of drug-likeness (QED) is 0.722. The third kappa shape index (κ3) is 3.37. The van der Waals surface area contributed by atoms with Crippen LogP contribution in [0.3, 0.4) is 0 Å². The molecule has 0 aliphatic carbocycles. The number of halogens is 1. The van der Waals surface area contributed by atoms with Gasteiger partial charge in [0.25, 0.3) is 5.56 Å². The summed E-state index contributed by atoms with van der Waals surface area (Å²) in [5.41, 5.74) is 2.28. The summed E-state index contributed by atoms with van der Waals surface area (Å²) in [5, 5.41) is 12.5. The molecule has 1 saturated heterocycles. The van der Waals surface area contributed by atoms with Crippen LogP contribution in [0.2, 0.25) is 0 Å². The van der Waals surface area contributed by atoms with E-state index in [1.807, 2.05) is 13.8 Å². The van der Waals surface area contributed by atoms with Crippen molar-refractivity contribution in [1.82, 2.24) is 20.8 Å². The second-order valence-electron chi connectivity index (χ2n) is 4.74. The molecule has 2 rings (SSSR count). The van der Waals surface area contributed by atoms with Crippen molar-refractivity contribution in [2.75, 3.05) is 13.1 Å². The van der Waals surface area contributed by atoms with Crippen molar-refractivity contribution in [3.63, 3.8) is 0 Å². The van der Waals surface area contributed by atoms with Gasteiger partial charge in [0.2, 0.25) is 5.91 Å². The van der Waals surface area contributed by atoms with Gasteiger partial charge in [-0.2, -0.15) is 5.10 Å². The van der Waals surface area contributed by atoms with Crippen LogP contribution >= 0.6 is 12.4 Å². The van der Waals surface area contributed by atoms with E-state index in [4.69, 9.17) is 0 Å². The van der Waals surface area contributed by atoms with E-state index in [0.29, 0.717) is 5.56 Å². The van der Waals surface area contributed by atoms with Gasteiger partial charge in [-0.3, -0.25) is 9.59 Å². The molecule has 20 heavy (non-hydrogen) atoms. The maximum absolute atomic E-state index is 11.9. The number of hydrogen-bond donors (Lipinski definition) is 3. The van der Waals surface area contributed by atoms with Crippen molar-refractivity contribution in [3.8, 4) is 0 Å². The highest BCUT2D eigenvalue weighted by molar-refractivity contribution is 5.85. The molecule has 7 heteroatoms. The Morgan fingerprint density at radius 1 is 1.30 bits per heavy atom. The van der Waals surface area contributed by atoms with Gasteiger partial charge in [0.15, 0.2) is 0 Å². The maximum atomic E-state index is 11.9. The van der Waals surface area contributed by atoms with Gasteiger partial charge < -0.3 is 10.6 Å². The second kappa shape index (κ2) is 7.40. The van der Waals surface area contributed by atoms with Crippen LogP contribution in [0.1, 0.15) is 30.7 Å². The van der Waals surface area contributed by atoms with Crippen molar-refractivity contribution in [2.45, 2.75) is 33.2 Å².